The third-order valence-corrected chi connectivity index (χ3v) is 8.24. The van der Waals surface area contributed by atoms with Crippen molar-refractivity contribution in [3.8, 4) is 56.8 Å². The van der Waals surface area contributed by atoms with Gasteiger partial charge in [0.25, 0.3) is 0 Å². The number of hydrogen-bond acceptors (Lipinski definition) is 7. The van der Waals surface area contributed by atoms with Crippen LogP contribution in [-0.4, -0.2) is 22.4 Å². The van der Waals surface area contributed by atoms with E-state index in [-0.39, 0.29) is 11.5 Å². The lowest BCUT2D eigenvalue weighted by atomic mass is 10.0. The highest BCUT2D eigenvalue weighted by Crippen LogP contribution is 2.41. The molecule has 0 spiro atoms. The molecule has 0 aliphatic heterocycles. The number of carbonyl (C=O) groups excluding carboxylic acids is 2. The molecule has 0 heterocycles. The lowest BCUT2D eigenvalue weighted by molar-refractivity contribution is 0.213. The maximum absolute atomic E-state index is 13.0. The zero-order chi connectivity index (χ0) is 36.1. The highest BCUT2D eigenvalue weighted by Gasteiger charge is 2.17. The topological polar surface area (TPSA) is 126 Å². The molecular weight excluding hydrogens is 644 g/mol. The van der Waals surface area contributed by atoms with Crippen LogP contribution in [0.4, 0.5) is 21.0 Å². The Bertz CT molecular complexity index is 2030. The molecule has 51 heavy (non-hydrogen) atoms. The number of anilines is 2. The van der Waals surface area contributed by atoms with E-state index >= 15 is 0 Å². The monoisotopic (exact) mass is 680 g/mol. The summed E-state index contributed by atoms with van der Waals surface area (Å²) in [7, 11) is 0. The number of phenols is 2. The predicted molar refractivity (Wildman–Crippen MR) is 198 cm³/mol. The second-order valence-corrected chi connectivity index (χ2v) is 12.1. The van der Waals surface area contributed by atoms with Gasteiger partial charge >= 0.3 is 12.2 Å². The van der Waals surface area contributed by atoms with Crippen LogP contribution in [0.1, 0.15) is 22.3 Å². The first kappa shape index (κ1) is 34.1. The SMILES string of the molecule is Cc1cccc(C)c1OC(=O)Nc1ccc(Oc2ccc(NC(=O)Oc3c(C)cccc3C)cc2-c2ccc(O)cc2)c(-c2ccc(O)cc2)c1. The third kappa shape index (κ3) is 8.12. The number of aromatic hydroxyl groups is 2. The molecule has 0 fully saturated rings. The maximum Gasteiger partial charge on any atom is 0.417 e. The summed E-state index contributed by atoms with van der Waals surface area (Å²) in [5.41, 5.74) is 6.94. The summed E-state index contributed by atoms with van der Waals surface area (Å²) in [6, 6.07) is 34.9. The number of amides is 2. The number of carbonyl (C=O) groups is 2. The fourth-order valence-corrected chi connectivity index (χ4v) is 5.64. The van der Waals surface area contributed by atoms with Gasteiger partial charge in [0.1, 0.15) is 34.5 Å². The minimum atomic E-state index is -0.647. The van der Waals surface area contributed by atoms with Crippen LogP contribution in [0.2, 0.25) is 0 Å². The van der Waals surface area contributed by atoms with Gasteiger partial charge in [-0.15, -0.1) is 0 Å². The quantitative estimate of drug-likeness (QED) is 0.126. The largest absolute Gasteiger partial charge is 0.508 e. The van der Waals surface area contributed by atoms with E-state index in [2.05, 4.69) is 10.6 Å². The van der Waals surface area contributed by atoms with Crippen molar-refractivity contribution in [3.05, 3.63) is 144 Å². The van der Waals surface area contributed by atoms with Crippen LogP contribution in [0.3, 0.4) is 0 Å². The number of aryl methyl sites for hydroxylation is 4. The van der Waals surface area contributed by atoms with Gasteiger partial charge in [0, 0.05) is 22.5 Å². The van der Waals surface area contributed by atoms with E-state index in [9.17, 15) is 19.8 Å². The van der Waals surface area contributed by atoms with Crippen LogP contribution in [0.5, 0.6) is 34.5 Å². The molecule has 6 rings (SSSR count). The lowest BCUT2D eigenvalue weighted by Gasteiger charge is -2.18. The van der Waals surface area contributed by atoms with Crippen LogP contribution in [0.25, 0.3) is 22.3 Å². The Kier molecular flexibility index (Phi) is 9.90. The number of ether oxygens (including phenoxy) is 3. The first-order valence-electron chi connectivity index (χ1n) is 16.2. The first-order chi connectivity index (χ1) is 24.5. The van der Waals surface area contributed by atoms with Crippen LogP contribution in [0.15, 0.2) is 121 Å². The Morgan fingerprint density at radius 1 is 0.490 bits per heavy atom. The number of rotatable bonds is 8. The van der Waals surface area contributed by atoms with E-state index in [0.29, 0.717) is 56.6 Å². The van der Waals surface area contributed by atoms with E-state index < -0.39 is 12.2 Å². The average Bonchev–Trinajstić information content (AvgIpc) is 3.10. The minimum Gasteiger partial charge on any atom is -0.508 e. The second-order valence-electron chi connectivity index (χ2n) is 12.1. The molecule has 0 aliphatic carbocycles. The molecule has 0 aromatic heterocycles. The Hall–Kier alpha value is -6.74. The van der Waals surface area contributed by atoms with Crippen LogP contribution in [0, 0.1) is 27.7 Å². The highest BCUT2D eigenvalue weighted by atomic mass is 16.6. The number of phenolic OH excluding ortho intramolecular Hbond substituents is 2. The molecule has 4 N–H and O–H groups in total. The van der Waals surface area contributed by atoms with Gasteiger partial charge in [0.15, 0.2) is 0 Å². The third-order valence-electron chi connectivity index (χ3n) is 8.24. The zero-order valence-corrected chi connectivity index (χ0v) is 28.5. The van der Waals surface area contributed by atoms with Crippen molar-refractivity contribution in [3.63, 3.8) is 0 Å². The lowest BCUT2D eigenvalue weighted by Crippen LogP contribution is -2.18. The molecule has 6 aromatic rings. The summed E-state index contributed by atoms with van der Waals surface area (Å²) in [5.74, 6) is 2.08. The summed E-state index contributed by atoms with van der Waals surface area (Å²) in [5, 5.41) is 25.6. The molecule has 0 saturated carbocycles. The molecule has 6 aromatic carbocycles. The van der Waals surface area contributed by atoms with Gasteiger partial charge in [-0.2, -0.15) is 0 Å². The molecule has 9 nitrogen and oxygen atoms in total. The molecule has 256 valence electrons. The molecule has 0 unspecified atom stereocenters. The second kappa shape index (κ2) is 14.8. The summed E-state index contributed by atoms with van der Waals surface area (Å²) in [6.45, 7) is 7.49. The summed E-state index contributed by atoms with van der Waals surface area (Å²) >= 11 is 0. The van der Waals surface area contributed by atoms with Crippen molar-refractivity contribution >= 4 is 23.6 Å². The first-order valence-corrected chi connectivity index (χ1v) is 16.2. The van der Waals surface area contributed by atoms with Gasteiger partial charge in [-0.3, -0.25) is 10.6 Å². The Morgan fingerprint density at radius 3 is 1.20 bits per heavy atom. The smallest absolute Gasteiger partial charge is 0.417 e. The zero-order valence-electron chi connectivity index (χ0n) is 28.5. The van der Waals surface area contributed by atoms with Crippen molar-refractivity contribution in [1.29, 1.82) is 0 Å². The van der Waals surface area contributed by atoms with Gasteiger partial charge in [-0.1, -0.05) is 60.7 Å². The van der Waals surface area contributed by atoms with Crippen molar-refractivity contribution in [2.24, 2.45) is 0 Å². The predicted octanol–water partition coefficient (Wildman–Crippen LogP) is 10.7. The van der Waals surface area contributed by atoms with E-state index in [1.165, 1.54) is 0 Å². The molecule has 0 radical (unpaired) electrons. The van der Waals surface area contributed by atoms with Gasteiger partial charge in [-0.05, 0) is 122 Å². The summed E-state index contributed by atoms with van der Waals surface area (Å²) in [6.07, 6.45) is -1.29. The minimum absolute atomic E-state index is 0.0986. The van der Waals surface area contributed by atoms with Crippen LogP contribution in [-0.2, 0) is 0 Å². The normalized spacial score (nSPS) is 10.7. The van der Waals surface area contributed by atoms with E-state index in [0.717, 1.165) is 22.3 Å². The maximum atomic E-state index is 13.0. The molecule has 0 bridgehead atoms. The molecule has 9 heteroatoms. The number of benzene rings is 6. The molecular formula is C42H36N2O7. The fourth-order valence-electron chi connectivity index (χ4n) is 5.64. The summed E-state index contributed by atoms with van der Waals surface area (Å²) < 4.78 is 17.9. The van der Waals surface area contributed by atoms with Gasteiger partial charge in [0.05, 0.1) is 0 Å². The van der Waals surface area contributed by atoms with Gasteiger partial charge in [0.2, 0.25) is 0 Å². The highest BCUT2D eigenvalue weighted by molar-refractivity contribution is 5.90. The van der Waals surface area contributed by atoms with E-state index in [1.807, 2.05) is 64.1 Å². The van der Waals surface area contributed by atoms with Gasteiger partial charge < -0.3 is 24.4 Å². The average molecular weight is 681 g/mol. The standard InChI is InChI=1S/C42H36N2O7/c1-25-7-5-8-26(2)39(25)50-41(47)43-31-15-21-37(35(23-31)29-11-17-33(45)18-12-29)49-38-22-16-32(24-36(38)30-13-19-34(46)20-14-30)44-42(48)51-40-27(3)9-6-10-28(40)4/h5-24,45-46H,1-4H3,(H,43,47)(H,44,48). The Morgan fingerprint density at radius 2 is 0.843 bits per heavy atom. The van der Waals surface area contributed by atoms with Crippen molar-refractivity contribution in [2.45, 2.75) is 27.7 Å². The number of hydrogen-bond donors (Lipinski definition) is 4. The molecule has 0 saturated heterocycles. The van der Waals surface area contributed by atoms with E-state index in [1.54, 1.807) is 84.9 Å². The van der Waals surface area contributed by atoms with Crippen molar-refractivity contribution in [2.75, 3.05) is 10.6 Å². The fraction of sp³-hybridized carbons (Fsp3) is 0.0952. The van der Waals surface area contributed by atoms with Gasteiger partial charge in [-0.25, -0.2) is 9.59 Å². The van der Waals surface area contributed by atoms with Crippen molar-refractivity contribution < 1.29 is 34.0 Å². The van der Waals surface area contributed by atoms with Crippen LogP contribution < -0.4 is 24.8 Å². The number of nitrogens with one attached hydrogen (secondary N) is 2. The molecule has 2 amide bonds. The van der Waals surface area contributed by atoms with E-state index in [4.69, 9.17) is 14.2 Å². The molecule has 0 atom stereocenters. The van der Waals surface area contributed by atoms with Crippen LogP contribution >= 0.6 is 0 Å². The molecule has 0 aliphatic rings. The Balaban J connectivity index is 1.32. The van der Waals surface area contributed by atoms with Crippen molar-refractivity contribution in [1.82, 2.24) is 0 Å². The summed E-state index contributed by atoms with van der Waals surface area (Å²) in [4.78, 5) is 25.9. The Labute approximate surface area is 295 Å². The number of para-hydroxylation sites is 2.